The summed E-state index contributed by atoms with van der Waals surface area (Å²) in [5.74, 6) is -0.842. The Balaban J connectivity index is 2.05. The van der Waals surface area contributed by atoms with Gasteiger partial charge in [-0.1, -0.05) is 0 Å². The van der Waals surface area contributed by atoms with Crippen molar-refractivity contribution in [3.63, 3.8) is 0 Å². The summed E-state index contributed by atoms with van der Waals surface area (Å²) in [5, 5.41) is 18.2. The van der Waals surface area contributed by atoms with Crippen molar-refractivity contribution in [2.45, 2.75) is 63.5 Å². The number of carbonyl (C=O) groups excluding carboxylic acids is 1. The molecule has 0 aromatic heterocycles. The lowest BCUT2D eigenvalue weighted by atomic mass is 9.97. The topological polar surface area (TPSA) is 81.1 Å². The third kappa shape index (κ3) is 4.09. The van der Waals surface area contributed by atoms with E-state index in [9.17, 15) is 14.7 Å². The summed E-state index contributed by atoms with van der Waals surface area (Å²) in [6.07, 6.45) is 6.37. The van der Waals surface area contributed by atoms with Gasteiger partial charge in [-0.05, 0) is 44.9 Å². The van der Waals surface area contributed by atoms with Crippen LogP contribution in [0.1, 0.15) is 51.4 Å². The van der Waals surface area contributed by atoms with E-state index in [-0.39, 0.29) is 31.1 Å². The second kappa shape index (κ2) is 7.64. The first-order chi connectivity index (χ1) is 10.1. The summed E-state index contributed by atoms with van der Waals surface area (Å²) in [6.45, 7) is 1.46. The summed E-state index contributed by atoms with van der Waals surface area (Å²) in [5.41, 5.74) is 0. The van der Waals surface area contributed by atoms with Crippen molar-refractivity contribution in [1.29, 1.82) is 0 Å². The molecule has 2 atom stereocenters. The Hall–Kier alpha value is -1.30. The lowest BCUT2D eigenvalue weighted by molar-refractivity contribution is -0.138. The largest absolute Gasteiger partial charge is 0.481 e. The fraction of sp³-hybridized carbons (Fsp3) is 0.867. The summed E-state index contributed by atoms with van der Waals surface area (Å²) in [7, 11) is 0. The van der Waals surface area contributed by atoms with E-state index in [0.29, 0.717) is 13.0 Å². The Kier molecular flexibility index (Phi) is 5.85. The van der Waals surface area contributed by atoms with Crippen molar-refractivity contribution in [3.05, 3.63) is 0 Å². The highest BCUT2D eigenvalue weighted by molar-refractivity contribution is 5.76. The molecule has 6 heteroatoms. The van der Waals surface area contributed by atoms with Crippen LogP contribution in [-0.2, 0) is 4.79 Å². The van der Waals surface area contributed by atoms with Gasteiger partial charge >= 0.3 is 12.0 Å². The van der Waals surface area contributed by atoms with Crippen LogP contribution in [0.3, 0.4) is 0 Å². The van der Waals surface area contributed by atoms with Gasteiger partial charge in [0.15, 0.2) is 0 Å². The number of hydrogen-bond acceptors (Lipinski definition) is 3. The second-order valence-electron chi connectivity index (χ2n) is 6.08. The molecule has 0 aliphatic carbocycles. The SMILES string of the molecule is O=C(O)CC1CCCCN1C(=O)N1CCCCC1CCO. The third-order valence-electron chi connectivity index (χ3n) is 4.62. The highest BCUT2D eigenvalue weighted by Gasteiger charge is 2.34. The van der Waals surface area contributed by atoms with Crippen LogP contribution in [0.25, 0.3) is 0 Å². The van der Waals surface area contributed by atoms with Gasteiger partial charge < -0.3 is 20.0 Å². The van der Waals surface area contributed by atoms with Crippen molar-refractivity contribution in [2.75, 3.05) is 19.7 Å². The summed E-state index contributed by atoms with van der Waals surface area (Å²) >= 11 is 0. The van der Waals surface area contributed by atoms with Crippen LogP contribution in [0, 0.1) is 0 Å². The predicted octanol–water partition coefficient (Wildman–Crippen LogP) is 1.67. The maximum atomic E-state index is 12.8. The Bertz CT molecular complexity index is 373. The minimum Gasteiger partial charge on any atom is -0.481 e. The van der Waals surface area contributed by atoms with Crippen molar-refractivity contribution in [2.24, 2.45) is 0 Å². The zero-order valence-corrected chi connectivity index (χ0v) is 12.5. The summed E-state index contributed by atoms with van der Waals surface area (Å²) < 4.78 is 0. The quantitative estimate of drug-likeness (QED) is 0.827. The normalized spacial score (nSPS) is 26.7. The number of rotatable bonds is 4. The van der Waals surface area contributed by atoms with E-state index in [2.05, 4.69) is 0 Å². The first-order valence-electron chi connectivity index (χ1n) is 8.03. The average Bonchev–Trinajstić information content (AvgIpc) is 2.47. The molecule has 2 aliphatic heterocycles. The first-order valence-corrected chi connectivity index (χ1v) is 8.03. The van der Waals surface area contributed by atoms with Crippen LogP contribution in [0.4, 0.5) is 4.79 Å². The Labute approximate surface area is 125 Å². The highest BCUT2D eigenvalue weighted by atomic mass is 16.4. The highest BCUT2D eigenvalue weighted by Crippen LogP contribution is 2.26. The van der Waals surface area contributed by atoms with Gasteiger partial charge in [0, 0.05) is 31.8 Å². The van der Waals surface area contributed by atoms with Crippen molar-refractivity contribution >= 4 is 12.0 Å². The Morgan fingerprint density at radius 3 is 2.10 bits per heavy atom. The molecule has 21 heavy (non-hydrogen) atoms. The van der Waals surface area contributed by atoms with E-state index in [0.717, 1.165) is 45.1 Å². The molecule has 0 aromatic carbocycles. The fourth-order valence-electron chi connectivity index (χ4n) is 3.53. The van der Waals surface area contributed by atoms with E-state index in [1.54, 1.807) is 4.90 Å². The van der Waals surface area contributed by atoms with Crippen molar-refractivity contribution in [1.82, 2.24) is 9.80 Å². The van der Waals surface area contributed by atoms with Crippen LogP contribution >= 0.6 is 0 Å². The summed E-state index contributed by atoms with van der Waals surface area (Å²) in [6, 6.07) is -0.108. The Morgan fingerprint density at radius 2 is 1.52 bits per heavy atom. The molecule has 2 unspecified atom stereocenters. The molecule has 2 fully saturated rings. The minimum atomic E-state index is -0.842. The number of carboxylic acid groups (broad SMARTS) is 1. The van der Waals surface area contributed by atoms with Gasteiger partial charge in [0.05, 0.1) is 6.42 Å². The molecule has 0 saturated carbocycles. The standard InChI is InChI=1S/C15H26N2O4/c18-10-7-12-5-1-3-8-16(12)15(21)17-9-4-2-6-13(17)11-14(19)20/h12-13,18H,1-11H2,(H,19,20). The first kappa shape index (κ1) is 16.1. The van der Waals surface area contributed by atoms with E-state index in [1.165, 1.54) is 0 Å². The molecule has 0 radical (unpaired) electrons. The molecule has 2 heterocycles. The minimum absolute atomic E-state index is 0.0286. The second-order valence-corrected chi connectivity index (χ2v) is 6.08. The van der Waals surface area contributed by atoms with Gasteiger partial charge in [0.25, 0.3) is 0 Å². The van der Waals surface area contributed by atoms with Gasteiger partial charge in [-0.15, -0.1) is 0 Å². The van der Waals surface area contributed by atoms with Crippen LogP contribution in [0.15, 0.2) is 0 Å². The third-order valence-corrected chi connectivity index (χ3v) is 4.62. The lowest BCUT2D eigenvalue weighted by Crippen LogP contribution is -2.55. The molecule has 2 rings (SSSR count). The van der Waals surface area contributed by atoms with Gasteiger partial charge in [-0.25, -0.2) is 4.79 Å². The molecule has 2 N–H and O–H groups in total. The number of aliphatic hydroxyl groups excluding tert-OH is 1. The lowest BCUT2D eigenvalue weighted by Gasteiger charge is -2.43. The van der Waals surface area contributed by atoms with Crippen molar-refractivity contribution in [3.8, 4) is 0 Å². The smallest absolute Gasteiger partial charge is 0.320 e. The number of hydrogen-bond donors (Lipinski definition) is 2. The van der Waals surface area contributed by atoms with Gasteiger partial charge in [-0.2, -0.15) is 0 Å². The maximum Gasteiger partial charge on any atom is 0.320 e. The van der Waals surface area contributed by atoms with Gasteiger partial charge in [-0.3, -0.25) is 4.79 Å². The predicted molar refractivity (Wildman–Crippen MR) is 78.0 cm³/mol. The van der Waals surface area contributed by atoms with Crippen LogP contribution in [0.2, 0.25) is 0 Å². The van der Waals surface area contributed by atoms with Gasteiger partial charge in [0.2, 0.25) is 0 Å². The van der Waals surface area contributed by atoms with E-state index in [1.807, 2.05) is 4.90 Å². The van der Waals surface area contributed by atoms with Crippen LogP contribution in [-0.4, -0.2) is 63.8 Å². The maximum absolute atomic E-state index is 12.8. The summed E-state index contributed by atoms with van der Waals surface area (Å²) in [4.78, 5) is 27.4. The van der Waals surface area contributed by atoms with Crippen molar-refractivity contribution < 1.29 is 19.8 Å². The molecule has 2 amide bonds. The molecular formula is C15H26N2O4. The zero-order chi connectivity index (χ0) is 15.2. The number of urea groups is 1. The fourth-order valence-corrected chi connectivity index (χ4v) is 3.53. The number of carbonyl (C=O) groups is 2. The van der Waals surface area contributed by atoms with Gasteiger partial charge in [0.1, 0.15) is 0 Å². The van der Waals surface area contributed by atoms with E-state index in [4.69, 9.17) is 5.11 Å². The average molecular weight is 298 g/mol. The number of likely N-dealkylation sites (tertiary alicyclic amines) is 2. The number of aliphatic carboxylic acids is 1. The monoisotopic (exact) mass is 298 g/mol. The number of carboxylic acids is 1. The molecule has 6 nitrogen and oxygen atoms in total. The Morgan fingerprint density at radius 1 is 0.952 bits per heavy atom. The van der Waals surface area contributed by atoms with E-state index >= 15 is 0 Å². The molecule has 2 aliphatic rings. The molecule has 2 saturated heterocycles. The molecule has 0 aromatic rings. The molecule has 120 valence electrons. The molecule has 0 bridgehead atoms. The number of piperidine rings is 2. The number of nitrogens with zero attached hydrogens (tertiary/aromatic N) is 2. The molecular weight excluding hydrogens is 272 g/mol. The number of aliphatic hydroxyl groups is 1. The molecule has 0 spiro atoms. The van der Waals surface area contributed by atoms with E-state index < -0.39 is 5.97 Å². The van der Waals surface area contributed by atoms with Crippen LogP contribution in [0.5, 0.6) is 0 Å². The van der Waals surface area contributed by atoms with Crippen LogP contribution < -0.4 is 0 Å². The zero-order valence-electron chi connectivity index (χ0n) is 12.5. The number of amides is 2.